The quantitative estimate of drug-likeness (QED) is 0.683. The minimum atomic E-state index is -0.212. The number of nitrogens with zero attached hydrogens (tertiary/aromatic N) is 2. The van der Waals surface area contributed by atoms with Gasteiger partial charge in [0.15, 0.2) is 10.8 Å². The van der Waals surface area contributed by atoms with Gasteiger partial charge < -0.3 is 14.7 Å². The topological polar surface area (TPSA) is 83.8 Å². The molecule has 0 aromatic carbocycles. The highest BCUT2D eigenvalue weighted by Gasteiger charge is 2.19. The molecule has 0 aliphatic heterocycles. The third-order valence-corrected chi connectivity index (χ3v) is 4.42. The summed E-state index contributed by atoms with van der Waals surface area (Å²) in [5.74, 6) is 0.707. The van der Waals surface area contributed by atoms with Gasteiger partial charge in [0.25, 0.3) is 0 Å². The number of pyridine rings is 1. The van der Waals surface area contributed by atoms with E-state index >= 15 is 0 Å². The molecule has 0 saturated heterocycles. The smallest absolute Gasteiger partial charge is 0.233 e. The van der Waals surface area contributed by atoms with E-state index in [1.807, 2.05) is 25.1 Å². The maximum Gasteiger partial charge on any atom is 0.233 e. The summed E-state index contributed by atoms with van der Waals surface area (Å²) in [5, 5.41) is 3.37. The van der Waals surface area contributed by atoms with Crippen molar-refractivity contribution in [2.75, 3.05) is 0 Å². The number of imidazole rings is 1. The SMILES string of the molecule is CC[C@@H](Sc1nc2ncccc2[nH]1)C(=O)NCc1ccco1. The summed E-state index contributed by atoms with van der Waals surface area (Å²) < 4.78 is 5.21. The van der Waals surface area contributed by atoms with Crippen LogP contribution in [-0.2, 0) is 11.3 Å². The van der Waals surface area contributed by atoms with Crippen molar-refractivity contribution in [1.82, 2.24) is 20.3 Å². The standard InChI is InChI=1S/C15H16N4O2S/c1-2-12(14(20)17-9-10-5-4-8-21-10)22-15-18-11-6-3-7-16-13(11)19-15/h3-8,12H,2,9H2,1H3,(H,17,20)(H,16,18,19)/t12-/m1/s1. The van der Waals surface area contributed by atoms with Gasteiger partial charge in [0.05, 0.1) is 23.6 Å². The van der Waals surface area contributed by atoms with E-state index < -0.39 is 0 Å². The van der Waals surface area contributed by atoms with Crippen LogP contribution in [0.4, 0.5) is 0 Å². The van der Waals surface area contributed by atoms with Crippen LogP contribution in [0.25, 0.3) is 11.2 Å². The Labute approximate surface area is 131 Å². The van der Waals surface area contributed by atoms with Gasteiger partial charge in [-0.1, -0.05) is 18.7 Å². The van der Waals surface area contributed by atoms with Crippen molar-refractivity contribution in [2.24, 2.45) is 0 Å². The number of thioether (sulfide) groups is 1. The molecule has 0 aliphatic rings. The van der Waals surface area contributed by atoms with E-state index in [0.717, 1.165) is 11.3 Å². The van der Waals surface area contributed by atoms with Gasteiger partial charge in [0.2, 0.25) is 5.91 Å². The number of furan rings is 1. The normalized spacial score (nSPS) is 12.4. The van der Waals surface area contributed by atoms with Crippen LogP contribution in [0.2, 0.25) is 0 Å². The van der Waals surface area contributed by atoms with Gasteiger partial charge in [-0.2, -0.15) is 0 Å². The molecular weight excluding hydrogens is 300 g/mol. The van der Waals surface area contributed by atoms with Crippen molar-refractivity contribution >= 4 is 28.8 Å². The Morgan fingerprint density at radius 1 is 1.45 bits per heavy atom. The number of carbonyl (C=O) groups is 1. The van der Waals surface area contributed by atoms with Crippen molar-refractivity contribution in [2.45, 2.75) is 30.3 Å². The minimum absolute atomic E-state index is 0.0303. The molecule has 6 nitrogen and oxygen atoms in total. The summed E-state index contributed by atoms with van der Waals surface area (Å²) in [5.41, 5.74) is 1.53. The van der Waals surface area contributed by atoms with Gasteiger partial charge in [-0.25, -0.2) is 9.97 Å². The summed E-state index contributed by atoms with van der Waals surface area (Å²) in [6.07, 6.45) is 4.00. The second-order valence-electron chi connectivity index (χ2n) is 4.73. The average Bonchev–Trinajstić information content (AvgIpc) is 3.18. The first kappa shape index (κ1) is 14.6. The lowest BCUT2D eigenvalue weighted by atomic mass is 10.3. The Bertz CT molecular complexity index is 721. The molecule has 1 amide bonds. The highest BCUT2D eigenvalue weighted by Crippen LogP contribution is 2.24. The summed E-state index contributed by atoms with van der Waals surface area (Å²) in [4.78, 5) is 24.0. The molecule has 3 heterocycles. The van der Waals surface area contributed by atoms with E-state index in [9.17, 15) is 4.79 Å². The van der Waals surface area contributed by atoms with Crippen molar-refractivity contribution in [1.29, 1.82) is 0 Å². The van der Waals surface area contributed by atoms with E-state index in [2.05, 4.69) is 20.3 Å². The maximum absolute atomic E-state index is 12.3. The Hall–Kier alpha value is -2.28. The summed E-state index contributed by atoms with van der Waals surface area (Å²) in [6, 6.07) is 7.40. The molecule has 0 radical (unpaired) electrons. The Morgan fingerprint density at radius 2 is 2.36 bits per heavy atom. The fourth-order valence-corrected chi connectivity index (χ4v) is 2.97. The number of carbonyl (C=O) groups excluding carboxylic acids is 1. The molecule has 3 aromatic heterocycles. The van der Waals surface area contributed by atoms with Crippen LogP contribution >= 0.6 is 11.8 Å². The number of nitrogens with one attached hydrogen (secondary N) is 2. The van der Waals surface area contributed by atoms with Gasteiger partial charge in [-0.05, 0) is 30.7 Å². The van der Waals surface area contributed by atoms with Crippen LogP contribution in [-0.4, -0.2) is 26.1 Å². The zero-order valence-electron chi connectivity index (χ0n) is 12.1. The fourth-order valence-electron chi connectivity index (χ4n) is 2.04. The molecule has 114 valence electrons. The van der Waals surface area contributed by atoms with Gasteiger partial charge >= 0.3 is 0 Å². The van der Waals surface area contributed by atoms with E-state index in [1.165, 1.54) is 11.8 Å². The van der Waals surface area contributed by atoms with Crippen LogP contribution in [0.1, 0.15) is 19.1 Å². The molecule has 0 aliphatic carbocycles. The molecular formula is C15H16N4O2S. The van der Waals surface area contributed by atoms with E-state index in [0.29, 0.717) is 23.8 Å². The molecule has 0 saturated carbocycles. The number of rotatable bonds is 6. The van der Waals surface area contributed by atoms with Crippen LogP contribution in [0, 0.1) is 0 Å². The van der Waals surface area contributed by atoms with Crippen molar-refractivity contribution in [3.05, 3.63) is 42.5 Å². The first-order valence-corrected chi connectivity index (χ1v) is 7.91. The number of fused-ring (bicyclic) bond motifs is 1. The molecule has 2 N–H and O–H groups in total. The summed E-state index contributed by atoms with van der Waals surface area (Å²) >= 11 is 1.41. The van der Waals surface area contributed by atoms with Gasteiger partial charge in [0.1, 0.15) is 5.76 Å². The highest BCUT2D eigenvalue weighted by atomic mass is 32.2. The molecule has 7 heteroatoms. The third-order valence-electron chi connectivity index (χ3n) is 3.17. The minimum Gasteiger partial charge on any atom is -0.467 e. The number of H-pyrrole nitrogens is 1. The molecule has 1 atom stereocenters. The Balaban J connectivity index is 1.64. The molecule has 3 rings (SSSR count). The predicted molar refractivity (Wildman–Crippen MR) is 84.4 cm³/mol. The van der Waals surface area contributed by atoms with Crippen LogP contribution in [0.5, 0.6) is 0 Å². The van der Waals surface area contributed by atoms with Crippen LogP contribution in [0.15, 0.2) is 46.3 Å². The number of hydrogen-bond donors (Lipinski definition) is 2. The zero-order valence-corrected chi connectivity index (χ0v) is 12.9. The lowest BCUT2D eigenvalue weighted by Crippen LogP contribution is -2.31. The lowest BCUT2D eigenvalue weighted by molar-refractivity contribution is -0.120. The first-order valence-electron chi connectivity index (χ1n) is 7.03. The molecule has 0 spiro atoms. The van der Waals surface area contributed by atoms with Crippen molar-refractivity contribution < 1.29 is 9.21 Å². The molecule has 0 unspecified atom stereocenters. The maximum atomic E-state index is 12.3. The molecule has 0 bridgehead atoms. The summed E-state index contributed by atoms with van der Waals surface area (Å²) in [7, 11) is 0. The molecule has 3 aromatic rings. The first-order chi connectivity index (χ1) is 10.8. The van der Waals surface area contributed by atoms with E-state index in [4.69, 9.17) is 4.42 Å². The predicted octanol–water partition coefficient (Wildman–Crippen LogP) is 2.74. The summed E-state index contributed by atoms with van der Waals surface area (Å²) in [6.45, 7) is 2.37. The van der Waals surface area contributed by atoms with Crippen molar-refractivity contribution in [3.63, 3.8) is 0 Å². The molecule has 22 heavy (non-hydrogen) atoms. The second-order valence-corrected chi connectivity index (χ2v) is 5.92. The average molecular weight is 316 g/mol. The third kappa shape index (κ3) is 3.30. The van der Waals surface area contributed by atoms with E-state index in [1.54, 1.807) is 18.5 Å². The van der Waals surface area contributed by atoms with Crippen LogP contribution < -0.4 is 5.32 Å². The van der Waals surface area contributed by atoms with Crippen LogP contribution in [0.3, 0.4) is 0 Å². The highest BCUT2D eigenvalue weighted by molar-refractivity contribution is 8.00. The van der Waals surface area contributed by atoms with Gasteiger partial charge in [-0.15, -0.1) is 0 Å². The second kappa shape index (κ2) is 6.65. The Kier molecular flexibility index (Phi) is 4.43. The number of aromatic amines is 1. The monoisotopic (exact) mass is 316 g/mol. The van der Waals surface area contributed by atoms with E-state index in [-0.39, 0.29) is 11.2 Å². The zero-order chi connectivity index (χ0) is 15.4. The fraction of sp³-hybridized carbons (Fsp3) is 0.267. The van der Waals surface area contributed by atoms with Gasteiger partial charge in [-0.3, -0.25) is 4.79 Å². The lowest BCUT2D eigenvalue weighted by Gasteiger charge is -2.12. The number of amides is 1. The largest absolute Gasteiger partial charge is 0.467 e. The molecule has 0 fully saturated rings. The number of hydrogen-bond acceptors (Lipinski definition) is 5. The Morgan fingerprint density at radius 3 is 3.09 bits per heavy atom. The van der Waals surface area contributed by atoms with Crippen molar-refractivity contribution in [3.8, 4) is 0 Å². The number of aromatic nitrogens is 3. The van der Waals surface area contributed by atoms with Gasteiger partial charge in [0, 0.05) is 6.20 Å².